The van der Waals surface area contributed by atoms with Crippen molar-refractivity contribution in [2.75, 3.05) is 13.1 Å². The number of rotatable bonds is 1. The summed E-state index contributed by atoms with van der Waals surface area (Å²) in [5.41, 5.74) is 0. The fourth-order valence-electron chi connectivity index (χ4n) is 3.08. The Balaban J connectivity index is 1.88. The highest BCUT2D eigenvalue weighted by atomic mass is 79.9. The molecule has 3 nitrogen and oxygen atoms in total. The first-order chi connectivity index (χ1) is 8.18. The van der Waals surface area contributed by atoms with Crippen molar-refractivity contribution in [1.82, 2.24) is 10.2 Å². The van der Waals surface area contributed by atoms with Crippen molar-refractivity contribution in [1.29, 1.82) is 0 Å². The maximum atomic E-state index is 12.6. The molecule has 3 atom stereocenters. The van der Waals surface area contributed by atoms with Gasteiger partial charge >= 0.3 is 0 Å². The predicted molar refractivity (Wildman–Crippen MR) is 72.4 cm³/mol. The summed E-state index contributed by atoms with van der Waals surface area (Å²) in [6.07, 6.45) is 1.13. The van der Waals surface area contributed by atoms with Crippen molar-refractivity contribution in [2.24, 2.45) is 5.92 Å². The van der Waals surface area contributed by atoms with E-state index in [1.165, 1.54) is 11.3 Å². The third-order valence-corrected chi connectivity index (χ3v) is 5.65. The van der Waals surface area contributed by atoms with Crippen LogP contribution in [-0.4, -0.2) is 36.0 Å². The van der Waals surface area contributed by atoms with Crippen molar-refractivity contribution in [3.8, 4) is 0 Å². The molecule has 2 aliphatic heterocycles. The molecule has 0 saturated carbocycles. The van der Waals surface area contributed by atoms with Crippen LogP contribution in [0, 0.1) is 5.92 Å². The zero-order chi connectivity index (χ0) is 12.0. The minimum absolute atomic E-state index is 0.190. The minimum Gasteiger partial charge on any atom is -0.331 e. The van der Waals surface area contributed by atoms with Crippen LogP contribution < -0.4 is 5.32 Å². The SMILES string of the molecule is CC1CC2CNCC2N1C(=O)c1sccc1Br. The number of hydrogen-bond donors (Lipinski definition) is 1. The number of carbonyl (C=O) groups is 1. The number of likely N-dealkylation sites (tertiary alicyclic amines) is 1. The van der Waals surface area contributed by atoms with Crippen molar-refractivity contribution in [3.63, 3.8) is 0 Å². The number of nitrogens with zero attached hydrogens (tertiary/aromatic N) is 1. The van der Waals surface area contributed by atoms with E-state index in [-0.39, 0.29) is 5.91 Å². The van der Waals surface area contributed by atoms with Gasteiger partial charge in [0.05, 0.1) is 0 Å². The molecule has 3 unspecified atom stereocenters. The Labute approximate surface area is 113 Å². The second-order valence-electron chi connectivity index (χ2n) is 4.88. The number of thiophene rings is 1. The van der Waals surface area contributed by atoms with E-state index in [4.69, 9.17) is 0 Å². The summed E-state index contributed by atoms with van der Waals surface area (Å²) in [6, 6.07) is 2.71. The fourth-order valence-corrected chi connectivity index (χ4v) is 4.56. The quantitative estimate of drug-likeness (QED) is 0.863. The topological polar surface area (TPSA) is 32.3 Å². The molecule has 0 radical (unpaired) electrons. The van der Waals surface area contributed by atoms with Crippen molar-refractivity contribution in [2.45, 2.75) is 25.4 Å². The lowest BCUT2D eigenvalue weighted by atomic mass is 10.0. The van der Waals surface area contributed by atoms with E-state index >= 15 is 0 Å². The Morgan fingerprint density at radius 1 is 1.59 bits per heavy atom. The lowest BCUT2D eigenvalue weighted by Gasteiger charge is -2.27. The lowest BCUT2D eigenvalue weighted by Crippen LogP contribution is -2.42. The summed E-state index contributed by atoms with van der Waals surface area (Å²) in [4.78, 5) is 15.5. The van der Waals surface area contributed by atoms with Crippen LogP contribution in [0.1, 0.15) is 23.0 Å². The summed E-state index contributed by atoms with van der Waals surface area (Å²) >= 11 is 4.98. The molecular weight excluding hydrogens is 300 g/mol. The van der Waals surface area contributed by atoms with Crippen LogP contribution in [0.15, 0.2) is 15.9 Å². The Bertz CT molecular complexity index is 447. The van der Waals surface area contributed by atoms with Crippen LogP contribution in [0.4, 0.5) is 0 Å². The largest absolute Gasteiger partial charge is 0.331 e. The predicted octanol–water partition coefficient (Wildman–Crippen LogP) is 2.33. The van der Waals surface area contributed by atoms with Gasteiger partial charge in [-0.05, 0) is 46.6 Å². The summed E-state index contributed by atoms with van der Waals surface area (Å²) in [6.45, 7) is 4.17. The first kappa shape index (κ1) is 11.7. The summed E-state index contributed by atoms with van der Waals surface area (Å²) in [5, 5.41) is 5.35. The smallest absolute Gasteiger partial charge is 0.265 e. The van der Waals surface area contributed by atoms with Crippen LogP contribution in [0.3, 0.4) is 0 Å². The number of hydrogen-bond acceptors (Lipinski definition) is 3. The summed E-state index contributed by atoms with van der Waals surface area (Å²) in [7, 11) is 0. The van der Waals surface area contributed by atoms with E-state index < -0.39 is 0 Å². The minimum atomic E-state index is 0.190. The van der Waals surface area contributed by atoms with E-state index in [0.717, 1.165) is 28.9 Å². The van der Waals surface area contributed by atoms with E-state index in [0.29, 0.717) is 18.0 Å². The van der Waals surface area contributed by atoms with E-state index in [2.05, 4.69) is 33.1 Å². The Hall–Kier alpha value is -0.390. The van der Waals surface area contributed by atoms with Gasteiger partial charge in [0.1, 0.15) is 4.88 Å². The molecule has 3 heterocycles. The second kappa shape index (κ2) is 4.37. The molecule has 1 N–H and O–H groups in total. The van der Waals surface area contributed by atoms with E-state index in [9.17, 15) is 4.79 Å². The zero-order valence-corrected chi connectivity index (χ0v) is 12.1. The van der Waals surface area contributed by atoms with Gasteiger partial charge in [0.2, 0.25) is 0 Å². The zero-order valence-electron chi connectivity index (χ0n) is 9.65. The molecule has 0 bridgehead atoms. The standard InChI is InChI=1S/C12H15BrN2OS/c1-7-4-8-5-14-6-10(8)15(7)12(16)11-9(13)2-3-17-11/h2-3,7-8,10,14H,4-6H2,1H3. The highest BCUT2D eigenvalue weighted by Gasteiger charge is 2.44. The monoisotopic (exact) mass is 314 g/mol. The molecule has 2 fully saturated rings. The highest BCUT2D eigenvalue weighted by Crippen LogP contribution is 2.35. The van der Waals surface area contributed by atoms with Crippen LogP contribution >= 0.6 is 27.3 Å². The van der Waals surface area contributed by atoms with Gasteiger partial charge in [-0.2, -0.15) is 0 Å². The van der Waals surface area contributed by atoms with Gasteiger partial charge in [0, 0.05) is 29.6 Å². The summed E-state index contributed by atoms with van der Waals surface area (Å²) in [5.74, 6) is 0.836. The Morgan fingerprint density at radius 2 is 2.41 bits per heavy atom. The van der Waals surface area contributed by atoms with Crippen LogP contribution in [0.2, 0.25) is 0 Å². The maximum absolute atomic E-state index is 12.6. The van der Waals surface area contributed by atoms with E-state index in [1.54, 1.807) is 0 Å². The number of nitrogens with one attached hydrogen (secondary N) is 1. The van der Waals surface area contributed by atoms with Gasteiger partial charge < -0.3 is 10.2 Å². The molecule has 1 aromatic rings. The molecule has 2 saturated heterocycles. The maximum Gasteiger partial charge on any atom is 0.265 e. The molecule has 92 valence electrons. The second-order valence-corrected chi connectivity index (χ2v) is 6.65. The average Bonchev–Trinajstić information content (AvgIpc) is 2.92. The molecule has 0 spiro atoms. The molecule has 0 aliphatic carbocycles. The molecule has 3 rings (SSSR count). The highest BCUT2D eigenvalue weighted by molar-refractivity contribution is 9.10. The number of carbonyl (C=O) groups excluding carboxylic acids is 1. The molecule has 5 heteroatoms. The fraction of sp³-hybridized carbons (Fsp3) is 0.583. The molecule has 1 aromatic heterocycles. The third kappa shape index (κ3) is 1.84. The van der Waals surface area contributed by atoms with Gasteiger partial charge in [-0.1, -0.05) is 0 Å². The normalized spacial score (nSPS) is 31.9. The van der Waals surface area contributed by atoms with E-state index in [1.807, 2.05) is 11.4 Å². The molecular formula is C12H15BrN2OS. The lowest BCUT2D eigenvalue weighted by molar-refractivity contribution is 0.0686. The van der Waals surface area contributed by atoms with Gasteiger partial charge in [-0.3, -0.25) is 4.79 Å². The molecule has 1 amide bonds. The summed E-state index contributed by atoms with van der Waals surface area (Å²) < 4.78 is 0.925. The van der Waals surface area contributed by atoms with Gasteiger partial charge in [0.15, 0.2) is 0 Å². The first-order valence-electron chi connectivity index (χ1n) is 5.95. The third-order valence-electron chi connectivity index (χ3n) is 3.83. The van der Waals surface area contributed by atoms with Gasteiger partial charge in [-0.15, -0.1) is 11.3 Å². The molecule has 0 aromatic carbocycles. The van der Waals surface area contributed by atoms with Crippen molar-refractivity contribution in [3.05, 3.63) is 20.8 Å². The van der Waals surface area contributed by atoms with Crippen molar-refractivity contribution >= 4 is 33.2 Å². The van der Waals surface area contributed by atoms with Crippen LogP contribution in [-0.2, 0) is 0 Å². The number of fused-ring (bicyclic) bond motifs is 1. The van der Waals surface area contributed by atoms with Crippen molar-refractivity contribution < 1.29 is 4.79 Å². The first-order valence-corrected chi connectivity index (χ1v) is 7.62. The van der Waals surface area contributed by atoms with Crippen LogP contribution in [0.25, 0.3) is 0 Å². The number of amides is 1. The molecule has 17 heavy (non-hydrogen) atoms. The van der Waals surface area contributed by atoms with Crippen LogP contribution in [0.5, 0.6) is 0 Å². The van der Waals surface area contributed by atoms with Gasteiger partial charge in [-0.25, -0.2) is 0 Å². The number of halogens is 1. The Morgan fingerprint density at radius 3 is 3.12 bits per heavy atom. The Kier molecular flexibility index (Phi) is 3.00. The van der Waals surface area contributed by atoms with Gasteiger partial charge in [0.25, 0.3) is 5.91 Å². The average molecular weight is 315 g/mol. The molecule has 2 aliphatic rings.